The zero-order chi connectivity index (χ0) is 13.9. The third-order valence-electron chi connectivity index (χ3n) is 2.54. The Labute approximate surface area is 111 Å². The Morgan fingerprint density at radius 2 is 2.00 bits per heavy atom. The average Bonchev–Trinajstić information content (AvgIpc) is 2.73. The van der Waals surface area contributed by atoms with Crippen molar-refractivity contribution < 1.29 is 8.42 Å². The van der Waals surface area contributed by atoms with Crippen molar-refractivity contribution in [3.05, 3.63) is 36.4 Å². The van der Waals surface area contributed by atoms with Gasteiger partial charge in [0.1, 0.15) is 4.90 Å². The molecule has 0 saturated carbocycles. The van der Waals surface area contributed by atoms with E-state index in [2.05, 4.69) is 20.0 Å². The lowest BCUT2D eigenvalue weighted by atomic mass is 10.4. The number of nitrogens with one attached hydrogen (secondary N) is 2. The maximum absolute atomic E-state index is 12.1. The Morgan fingerprint density at radius 3 is 2.63 bits per heavy atom. The monoisotopic (exact) mass is 281 g/mol. The van der Waals surface area contributed by atoms with Crippen LogP contribution in [0.4, 0.5) is 5.95 Å². The first-order valence-corrected chi connectivity index (χ1v) is 7.11. The van der Waals surface area contributed by atoms with Crippen molar-refractivity contribution in [3.8, 4) is 0 Å². The van der Waals surface area contributed by atoms with Crippen LogP contribution in [0.5, 0.6) is 0 Å². The SMILES string of the molecule is CNCc1cc(S(=O)(=O)Nc2ncccn2)cn1C. The molecule has 2 rings (SSSR count). The van der Waals surface area contributed by atoms with Crippen LogP contribution in [0, 0.1) is 0 Å². The summed E-state index contributed by atoms with van der Waals surface area (Å²) in [5.74, 6) is 0.0570. The zero-order valence-electron chi connectivity index (χ0n) is 10.7. The molecule has 2 heterocycles. The summed E-state index contributed by atoms with van der Waals surface area (Å²) < 4.78 is 28.4. The second-order valence-corrected chi connectivity index (χ2v) is 5.67. The largest absolute Gasteiger partial charge is 0.352 e. The highest BCUT2D eigenvalue weighted by Gasteiger charge is 2.18. The molecule has 0 fully saturated rings. The number of sulfonamides is 1. The van der Waals surface area contributed by atoms with Gasteiger partial charge in [-0.3, -0.25) is 0 Å². The van der Waals surface area contributed by atoms with E-state index in [1.54, 1.807) is 37.0 Å². The fourth-order valence-electron chi connectivity index (χ4n) is 1.61. The van der Waals surface area contributed by atoms with Crippen LogP contribution in [0.2, 0.25) is 0 Å². The predicted octanol–water partition coefficient (Wildman–Crippen LogP) is 0.335. The Balaban J connectivity index is 2.27. The van der Waals surface area contributed by atoms with Crippen molar-refractivity contribution in [2.45, 2.75) is 11.4 Å². The molecule has 2 N–H and O–H groups in total. The van der Waals surface area contributed by atoms with E-state index < -0.39 is 10.0 Å². The van der Waals surface area contributed by atoms with Crippen LogP contribution < -0.4 is 10.0 Å². The van der Waals surface area contributed by atoms with Crippen molar-refractivity contribution in [3.63, 3.8) is 0 Å². The lowest BCUT2D eigenvalue weighted by molar-refractivity contribution is 0.600. The summed E-state index contributed by atoms with van der Waals surface area (Å²) in [6.45, 7) is 0.591. The second-order valence-electron chi connectivity index (χ2n) is 3.99. The molecule has 0 radical (unpaired) electrons. The van der Waals surface area contributed by atoms with Crippen molar-refractivity contribution in [1.29, 1.82) is 0 Å². The van der Waals surface area contributed by atoms with E-state index in [9.17, 15) is 8.42 Å². The maximum Gasteiger partial charge on any atom is 0.265 e. The van der Waals surface area contributed by atoms with Gasteiger partial charge in [0.2, 0.25) is 5.95 Å². The van der Waals surface area contributed by atoms with Crippen LogP contribution in [0.3, 0.4) is 0 Å². The highest BCUT2D eigenvalue weighted by molar-refractivity contribution is 7.92. The van der Waals surface area contributed by atoms with Crippen molar-refractivity contribution in [2.24, 2.45) is 7.05 Å². The summed E-state index contributed by atoms with van der Waals surface area (Å²) in [4.78, 5) is 7.86. The van der Waals surface area contributed by atoms with Crippen LogP contribution in [-0.4, -0.2) is 30.0 Å². The summed E-state index contributed by atoms with van der Waals surface area (Å²) in [6.07, 6.45) is 4.50. The van der Waals surface area contributed by atoms with Gasteiger partial charge in [0.25, 0.3) is 10.0 Å². The van der Waals surface area contributed by atoms with Crippen LogP contribution in [-0.2, 0) is 23.6 Å². The van der Waals surface area contributed by atoms with Crippen molar-refractivity contribution in [2.75, 3.05) is 11.8 Å². The van der Waals surface area contributed by atoms with Crippen LogP contribution in [0.15, 0.2) is 35.6 Å². The highest BCUT2D eigenvalue weighted by Crippen LogP contribution is 2.15. The molecule has 0 aromatic carbocycles. The van der Waals surface area contributed by atoms with Gasteiger partial charge < -0.3 is 9.88 Å². The number of aromatic nitrogens is 3. The van der Waals surface area contributed by atoms with E-state index in [1.807, 2.05) is 0 Å². The van der Waals surface area contributed by atoms with E-state index >= 15 is 0 Å². The number of anilines is 1. The van der Waals surface area contributed by atoms with Crippen LogP contribution in [0.1, 0.15) is 5.69 Å². The molecule has 7 nitrogen and oxygen atoms in total. The van der Waals surface area contributed by atoms with E-state index in [1.165, 1.54) is 12.4 Å². The summed E-state index contributed by atoms with van der Waals surface area (Å²) in [7, 11) is -0.0578. The lowest BCUT2D eigenvalue weighted by Crippen LogP contribution is -2.14. The van der Waals surface area contributed by atoms with E-state index in [4.69, 9.17) is 0 Å². The third kappa shape index (κ3) is 3.09. The summed E-state index contributed by atoms with van der Waals surface area (Å²) in [5, 5.41) is 2.98. The fraction of sp³-hybridized carbons (Fsp3) is 0.273. The first-order chi connectivity index (χ1) is 9.03. The highest BCUT2D eigenvalue weighted by atomic mass is 32.2. The molecule has 0 unspecified atom stereocenters. The summed E-state index contributed by atoms with van der Waals surface area (Å²) >= 11 is 0. The molecule has 8 heteroatoms. The number of hydrogen-bond donors (Lipinski definition) is 2. The molecule has 0 aliphatic heterocycles. The van der Waals surface area contributed by atoms with Gasteiger partial charge >= 0.3 is 0 Å². The molecule has 102 valence electrons. The quantitative estimate of drug-likeness (QED) is 0.824. The minimum Gasteiger partial charge on any atom is -0.352 e. The first kappa shape index (κ1) is 13.5. The van der Waals surface area contributed by atoms with Crippen molar-refractivity contribution in [1.82, 2.24) is 19.9 Å². The Morgan fingerprint density at radius 1 is 1.32 bits per heavy atom. The van der Waals surface area contributed by atoms with Gasteiger partial charge in [-0.15, -0.1) is 0 Å². The van der Waals surface area contributed by atoms with Gasteiger partial charge in [0.05, 0.1) is 0 Å². The molecule has 19 heavy (non-hydrogen) atoms. The Hall–Kier alpha value is -1.93. The Bertz CT molecular complexity index is 651. The van der Waals surface area contributed by atoms with Gasteiger partial charge in [-0.25, -0.2) is 23.1 Å². The molecule has 0 atom stereocenters. The first-order valence-electron chi connectivity index (χ1n) is 5.62. The minimum atomic E-state index is -3.66. The van der Waals surface area contributed by atoms with Gasteiger partial charge in [0, 0.05) is 37.9 Å². The standard InChI is InChI=1S/C11H15N5O2S/c1-12-7-9-6-10(8-16(9)2)19(17,18)15-11-13-4-3-5-14-11/h3-6,8,12H,7H2,1-2H3,(H,13,14,15). The molecule has 0 aliphatic carbocycles. The fourth-order valence-corrected chi connectivity index (χ4v) is 2.66. The molecular formula is C11H15N5O2S. The van der Waals surface area contributed by atoms with Gasteiger partial charge in [-0.2, -0.15) is 0 Å². The molecule has 0 amide bonds. The van der Waals surface area contributed by atoms with Gasteiger partial charge in [-0.1, -0.05) is 0 Å². The number of aryl methyl sites for hydroxylation is 1. The minimum absolute atomic E-state index is 0.0570. The topological polar surface area (TPSA) is 88.9 Å². The third-order valence-corrected chi connectivity index (χ3v) is 3.84. The second kappa shape index (κ2) is 5.37. The Kier molecular flexibility index (Phi) is 3.82. The van der Waals surface area contributed by atoms with E-state index in [0.717, 1.165) is 5.69 Å². The normalized spacial score (nSPS) is 11.5. The zero-order valence-corrected chi connectivity index (χ0v) is 11.5. The molecule has 0 saturated heterocycles. The molecular weight excluding hydrogens is 266 g/mol. The number of nitrogens with zero attached hydrogens (tertiary/aromatic N) is 3. The smallest absolute Gasteiger partial charge is 0.265 e. The molecule has 0 bridgehead atoms. The van der Waals surface area contributed by atoms with Crippen LogP contribution in [0.25, 0.3) is 0 Å². The average molecular weight is 281 g/mol. The number of rotatable bonds is 5. The molecule has 0 spiro atoms. The maximum atomic E-state index is 12.1. The van der Waals surface area contributed by atoms with E-state index in [-0.39, 0.29) is 10.8 Å². The van der Waals surface area contributed by atoms with Gasteiger partial charge in [0.15, 0.2) is 0 Å². The van der Waals surface area contributed by atoms with Crippen LogP contribution >= 0.6 is 0 Å². The number of hydrogen-bond acceptors (Lipinski definition) is 5. The molecule has 0 aliphatic rings. The summed E-state index contributed by atoms with van der Waals surface area (Å²) in [6, 6.07) is 3.23. The predicted molar refractivity (Wildman–Crippen MR) is 71.0 cm³/mol. The van der Waals surface area contributed by atoms with Gasteiger partial charge in [-0.05, 0) is 19.2 Å². The lowest BCUT2D eigenvalue weighted by Gasteiger charge is -2.03. The van der Waals surface area contributed by atoms with Crippen molar-refractivity contribution >= 4 is 16.0 Å². The molecule has 2 aromatic rings. The molecule has 2 aromatic heterocycles. The van der Waals surface area contributed by atoms with E-state index in [0.29, 0.717) is 6.54 Å². The summed E-state index contributed by atoms with van der Waals surface area (Å²) in [5.41, 5.74) is 0.872.